The summed E-state index contributed by atoms with van der Waals surface area (Å²) in [5.74, 6) is -0.908. The number of piperidine rings is 1. The predicted octanol–water partition coefficient (Wildman–Crippen LogP) is 3.42. The topological polar surface area (TPSA) is 148 Å². The van der Waals surface area contributed by atoms with Gasteiger partial charge < -0.3 is 39.4 Å². The van der Waals surface area contributed by atoms with E-state index in [9.17, 15) is 20.1 Å². The quantitative estimate of drug-likeness (QED) is 0.216. The summed E-state index contributed by atoms with van der Waals surface area (Å²) in [6, 6.07) is 11.1. The summed E-state index contributed by atoms with van der Waals surface area (Å²) >= 11 is 0. The van der Waals surface area contributed by atoms with Crippen LogP contribution in [-0.2, 0) is 36.3 Å². The second-order valence-corrected chi connectivity index (χ2v) is 17.6. The largest absolute Gasteiger partial charge is 0.496 e. The summed E-state index contributed by atoms with van der Waals surface area (Å²) < 4.78 is 17.6. The van der Waals surface area contributed by atoms with Gasteiger partial charge in [0.05, 0.1) is 33.0 Å². The second kappa shape index (κ2) is 12.8. The normalized spacial score (nSPS) is 38.4. The fourth-order valence-electron chi connectivity index (χ4n) is 13.2. The Labute approximate surface area is 328 Å². The van der Waals surface area contributed by atoms with Crippen molar-refractivity contribution in [3.05, 3.63) is 70.9 Å². The zero-order valence-electron chi connectivity index (χ0n) is 33.4. The average Bonchev–Trinajstić information content (AvgIpc) is 3.87. The SMILES string of the molecule is CC[C@]1(O)CC2CN(CCc3c([nH]c4ccccc34)[C@](C(=O)OC)(c3cc4c(cc3OC)N(C)C3C45CCN4CC=C[C@](CC)(C45)[C@@H](O)[C@]3(O)C(=O)OC)C2)C1. The summed E-state index contributed by atoms with van der Waals surface area (Å²) in [5.41, 5.74) is -1.43. The maximum Gasteiger partial charge on any atom is 0.342 e. The third-order valence-corrected chi connectivity index (χ3v) is 15.4. The first-order valence-corrected chi connectivity index (χ1v) is 20.3. The summed E-state index contributed by atoms with van der Waals surface area (Å²) in [7, 11) is 6.17. The van der Waals surface area contributed by atoms with Gasteiger partial charge in [-0.3, -0.25) is 14.6 Å². The highest BCUT2D eigenvalue weighted by molar-refractivity contribution is 5.95. The smallest absolute Gasteiger partial charge is 0.342 e. The van der Waals surface area contributed by atoms with Crippen LogP contribution >= 0.6 is 0 Å². The molecule has 12 heteroatoms. The van der Waals surface area contributed by atoms with E-state index in [4.69, 9.17) is 14.2 Å². The molecule has 2 aromatic carbocycles. The molecule has 3 aromatic rings. The molecule has 2 bridgehead atoms. The number of methoxy groups -OCH3 is 3. The van der Waals surface area contributed by atoms with Crippen LogP contribution in [0.1, 0.15) is 68.3 Å². The molecule has 2 saturated heterocycles. The number of rotatable bonds is 6. The number of aromatic amines is 1. The number of fused-ring (bicyclic) bond motifs is 6. The van der Waals surface area contributed by atoms with Gasteiger partial charge in [0.15, 0.2) is 0 Å². The van der Waals surface area contributed by atoms with Crippen LogP contribution in [0.15, 0.2) is 48.6 Å². The lowest BCUT2D eigenvalue weighted by atomic mass is 9.47. The first-order valence-electron chi connectivity index (χ1n) is 20.3. The molecule has 5 unspecified atom stereocenters. The Morgan fingerprint density at radius 2 is 1.73 bits per heavy atom. The van der Waals surface area contributed by atoms with E-state index in [0.29, 0.717) is 69.5 Å². The number of aromatic nitrogens is 1. The number of anilines is 1. The van der Waals surface area contributed by atoms with Gasteiger partial charge in [-0.1, -0.05) is 44.2 Å². The van der Waals surface area contributed by atoms with Crippen molar-refractivity contribution in [2.45, 2.75) is 92.6 Å². The van der Waals surface area contributed by atoms with E-state index < -0.39 is 51.5 Å². The van der Waals surface area contributed by atoms with Crippen molar-refractivity contribution in [1.29, 1.82) is 0 Å². The zero-order valence-corrected chi connectivity index (χ0v) is 33.4. The number of nitrogens with zero attached hydrogens (tertiary/aromatic N) is 3. The highest BCUT2D eigenvalue weighted by atomic mass is 16.5. The highest BCUT2D eigenvalue weighted by Gasteiger charge is 2.79. The van der Waals surface area contributed by atoms with Gasteiger partial charge in [0.1, 0.15) is 17.3 Å². The van der Waals surface area contributed by atoms with Gasteiger partial charge in [0.2, 0.25) is 5.60 Å². The van der Waals surface area contributed by atoms with Crippen LogP contribution < -0.4 is 9.64 Å². The first kappa shape index (κ1) is 37.6. The number of hydrogen-bond donors (Lipinski definition) is 4. The molecule has 12 nitrogen and oxygen atoms in total. The van der Waals surface area contributed by atoms with Gasteiger partial charge in [0.25, 0.3) is 0 Å². The van der Waals surface area contributed by atoms with Crippen LogP contribution in [0, 0.1) is 11.3 Å². The van der Waals surface area contributed by atoms with Gasteiger partial charge in [-0.15, -0.1) is 0 Å². The van der Waals surface area contributed by atoms with Crippen molar-refractivity contribution in [3.63, 3.8) is 0 Å². The highest BCUT2D eigenvalue weighted by Crippen LogP contribution is 2.67. The summed E-state index contributed by atoms with van der Waals surface area (Å²) in [4.78, 5) is 39.7. The predicted molar refractivity (Wildman–Crippen MR) is 211 cm³/mol. The molecule has 6 heterocycles. The summed E-state index contributed by atoms with van der Waals surface area (Å²) in [6.45, 7) is 7.41. The number of H-pyrrole nitrogens is 1. The number of para-hydroxylation sites is 1. The fraction of sp³-hybridized carbons (Fsp3) is 0.591. The fourth-order valence-corrected chi connectivity index (χ4v) is 13.2. The van der Waals surface area contributed by atoms with E-state index in [1.54, 1.807) is 7.11 Å². The van der Waals surface area contributed by atoms with Crippen LogP contribution in [0.4, 0.5) is 5.69 Å². The number of carbonyl (C=O) groups excluding carboxylic acids is 2. The molecule has 5 aliphatic heterocycles. The van der Waals surface area contributed by atoms with Crippen molar-refractivity contribution in [2.24, 2.45) is 11.3 Å². The molecule has 0 amide bonds. The van der Waals surface area contributed by atoms with E-state index in [-0.39, 0.29) is 12.0 Å². The van der Waals surface area contributed by atoms with E-state index in [2.05, 4.69) is 26.9 Å². The van der Waals surface area contributed by atoms with E-state index in [1.807, 2.05) is 62.2 Å². The number of aliphatic hydroxyl groups is 3. The Morgan fingerprint density at radius 3 is 2.45 bits per heavy atom. The Hall–Kier alpha value is -3.94. The lowest BCUT2D eigenvalue weighted by Gasteiger charge is -2.63. The molecule has 6 aliphatic rings. The van der Waals surface area contributed by atoms with Crippen LogP contribution in [0.5, 0.6) is 5.75 Å². The molecule has 1 spiro atoms. The summed E-state index contributed by atoms with van der Waals surface area (Å²) in [5, 5.41) is 38.3. The molecular formula is C44H56N4O8. The molecule has 300 valence electrons. The van der Waals surface area contributed by atoms with Gasteiger partial charge in [-0.05, 0) is 74.2 Å². The minimum absolute atomic E-state index is 0.0795. The minimum Gasteiger partial charge on any atom is -0.496 e. The van der Waals surface area contributed by atoms with E-state index in [1.165, 1.54) is 14.2 Å². The molecular weight excluding hydrogens is 713 g/mol. The van der Waals surface area contributed by atoms with Crippen molar-refractivity contribution >= 4 is 28.5 Å². The Balaban J connectivity index is 1.36. The maximum absolute atomic E-state index is 15.2. The van der Waals surface area contributed by atoms with Gasteiger partial charge in [0, 0.05) is 84.0 Å². The number of likely N-dealkylation sites (N-methyl/N-ethyl adjacent to an activating group) is 1. The Bertz CT molecular complexity index is 2140. The molecule has 0 radical (unpaired) electrons. The second-order valence-electron chi connectivity index (χ2n) is 17.6. The lowest BCUT2D eigenvalue weighted by Crippen LogP contribution is -2.80. The molecule has 1 saturated carbocycles. The van der Waals surface area contributed by atoms with Crippen molar-refractivity contribution < 1.29 is 39.1 Å². The number of aliphatic hydroxyl groups excluding tert-OH is 1. The Morgan fingerprint density at radius 1 is 0.964 bits per heavy atom. The monoisotopic (exact) mass is 768 g/mol. The Kier molecular flexibility index (Phi) is 8.59. The molecule has 4 N–H and O–H groups in total. The van der Waals surface area contributed by atoms with Crippen molar-refractivity contribution in [2.75, 3.05) is 66.0 Å². The summed E-state index contributed by atoms with van der Waals surface area (Å²) in [6.07, 6.45) is 5.82. The number of esters is 2. The van der Waals surface area contributed by atoms with E-state index >= 15 is 4.79 Å². The average molecular weight is 769 g/mol. The third kappa shape index (κ3) is 4.59. The molecule has 56 heavy (non-hydrogen) atoms. The third-order valence-electron chi connectivity index (χ3n) is 15.4. The van der Waals surface area contributed by atoms with Crippen LogP contribution in [0.25, 0.3) is 10.9 Å². The number of nitrogens with one attached hydrogen (secondary N) is 1. The van der Waals surface area contributed by atoms with Crippen LogP contribution in [0.2, 0.25) is 0 Å². The minimum atomic E-state index is -2.29. The van der Waals surface area contributed by atoms with E-state index in [0.717, 1.165) is 46.5 Å². The molecule has 1 aliphatic carbocycles. The number of carbonyl (C=O) groups is 2. The number of ether oxygens (including phenoxy) is 3. The van der Waals surface area contributed by atoms with Crippen molar-refractivity contribution in [3.8, 4) is 5.75 Å². The van der Waals surface area contributed by atoms with Crippen LogP contribution in [-0.4, -0.2) is 133 Å². The number of hydrogen-bond acceptors (Lipinski definition) is 11. The van der Waals surface area contributed by atoms with Gasteiger partial charge >= 0.3 is 11.9 Å². The van der Waals surface area contributed by atoms with Crippen LogP contribution in [0.3, 0.4) is 0 Å². The molecule has 9 rings (SSSR count). The van der Waals surface area contributed by atoms with Crippen molar-refractivity contribution in [1.82, 2.24) is 14.8 Å². The van der Waals surface area contributed by atoms with Gasteiger partial charge in [-0.25, -0.2) is 4.79 Å². The first-order chi connectivity index (χ1) is 26.8. The molecule has 10 atom stereocenters. The molecule has 1 aromatic heterocycles. The zero-order chi connectivity index (χ0) is 39.6. The maximum atomic E-state index is 15.2. The van der Waals surface area contributed by atoms with Gasteiger partial charge in [-0.2, -0.15) is 0 Å². The molecule has 3 fully saturated rings. The lowest BCUT2D eigenvalue weighted by molar-refractivity contribution is -0.218. The standard InChI is InChI=1S/C44H56N4O8/c1-7-40(52)22-26-23-43(38(50)55-5,34-28(14-18-47(24-26)25-40)27-12-9-10-13-31(27)45-34)30-20-29-32(21-33(30)54-4)46(3)36-42(29)16-19-48-17-11-15-41(8-2,35(42)48)37(49)44(36,53)39(51)56-6/h9-13,15,20-21,26,35-37,45,49,52-53H,7-8,14,16-19,22-25H2,1-6H3/t26?,35?,36?,37-,40+,41-,42?,43-,44+/m1/s1. The number of benzene rings is 2.